The standard InChI is InChI=1S/C42H56N8O7/c1-39(2,3)55-36(52)43-26-32(46-35(47-37(53)56-40(4,5)6)48-38(54)57-41(7,8)9)34(51)45-31-27-44-50(10)33(31)49-42(28-20-14-11-15-21-28,29-22-16-12-17-23-29)30-24-18-13-19-25-30/h11-25,27,32,35,46,49H,26H2,1-10H3,(H,43,52)(H,45,51)(H,47,53)(H,48,54)/t32-/m0/s1. The van der Waals surface area contributed by atoms with Crippen LogP contribution in [-0.2, 0) is 31.6 Å². The Kier molecular flexibility index (Phi) is 14.0. The highest BCUT2D eigenvalue weighted by Gasteiger charge is 2.38. The van der Waals surface area contributed by atoms with Crippen LogP contribution in [-0.4, -0.2) is 69.6 Å². The largest absolute Gasteiger partial charge is 0.444 e. The topological polar surface area (TPSA) is 186 Å². The maximum absolute atomic E-state index is 14.4. The molecule has 0 aliphatic carbocycles. The van der Waals surface area contributed by atoms with Crippen LogP contribution in [0.2, 0.25) is 0 Å². The molecule has 57 heavy (non-hydrogen) atoms. The molecule has 15 nitrogen and oxygen atoms in total. The summed E-state index contributed by atoms with van der Waals surface area (Å²) in [6.07, 6.45) is -2.50. The first-order chi connectivity index (χ1) is 26.6. The van der Waals surface area contributed by atoms with Gasteiger partial charge in [-0.25, -0.2) is 14.4 Å². The lowest BCUT2D eigenvalue weighted by Gasteiger charge is -2.38. The molecule has 0 aliphatic rings. The van der Waals surface area contributed by atoms with E-state index in [-0.39, 0.29) is 6.54 Å². The van der Waals surface area contributed by atoms with E-state index < -0.39 is 58.9 Å². The number of anilines is 2. The Morgan fingerprint density at radius 3 is 1.44 bits per heavy atom. The highest BCUT2D eigenvalue weighted by atomic mass is 16.6. The van der Waals surface area contributed by atoms with Gasteiger partial charge in [0.1, 0.15) is 39.9 Å². The van der Waals surface area contributed by atoms with E-state index in [1.165, 1.54) is 6.20 Å². The number of hydrogen-bond donors (Lipinski definition) is 6. The molecule has 0 spiro atoms. The number of benzene rings is 3. The molecule has 4 rings (SSSR count). The summed E-state index contributed by atoms with van der Waals surface area (Å²) in [5, 5.41) is 21.8. The smallest absolute Gasteiger partial charge is 0.410 e. The molecule has 1 atom stereocenters. The number of hydrogen-bond acceptors (Lipinski definition) is 10. The Hall–Kier alpha value is -6.09. The summed E-state index contributed by atoms with van der Waals surface area (Å²) in [5.41, 5.74) is -0.485. The Balaban J connectivity index is 1.74. The van der Waals surface area contributed by atoms with Gasteiger partial charge in [0.05, 0.1) is 6.20 Å². The van der Waals surface area contributed by atoms with Gasteiger partial charge in [0.2, 0.25) is 5.91 Å². The van der Waals surface area contributed by atoms with Crippen molar-refractivity contribution in [1.82, 2.24) is 31.0 Å². The Labute approximate surface area is 334 Å². The number of aryl methyl sites for hydroxylation is 1. The van der Waals surface area contributed by atoms with Crippen LogP contribution in [0.25, 0.3) is 0 Å². The quantitative estimate of drug-likeness (QED) is 0.0492. The lowest BCUT2D eigenvalue weighted by Crippen LogP contribution is -2.63. The highest BCUT2D eigenvalue weighted by molar-refractivity contribution is 5.97. The van der Waals surface area contributed by atoms with E-state index in [1.54, 1.807) is 74.0 Å². The van der Waals surface area contributed by atoms with Gasteiger partial charge in [0.25, 0.3) is 0 Å². The predicted molar refractivity (Wildman–Crippen MR) is 218 cm³/mol. The number of amides is 4. The van der Waals surface area contributed by atoms with Gasteiger partial charge >= 0.3 is 18.3 Å². The molecule has 0 aliphatic heterocycles. The number of nitrogens with one attached hydrogen (secondary N) is 6. The maximum atomic E-state index is 14.4. The molecular formula is C42H56N8O7. The molecule has 0 bridgehead atoms. The van der Waals surface area contributed by atoms with Gasteiger partial charge in [-0.3, -0.25) is 25.4 Å². The monoisotopic (exact) mass is 784 g/mol. The molecule has 306 valence electrons. The van der Waals surface area contributed by atoms with Gasteiger partial charge in [-0.05, 0) is 79.0 Å². The van der Waals surface area contributed by atoms with Gasteiger partial charge in [0.15, 0.2) is 6.29 Å². The highest BCUT2D eigenvalue weighted by Crippen LogP contribution is 2.41. The minimum absolute atomic E-state index is 0.301. The number of aromatic nitrogens is 2. The van der Waals surface area contributed by atoms with Crippen molar-refractivity contribution < 1.29 is 33.4 Å². The summed E-state index contributed by atoms with van der Waals surface area (Å²) in [4.78, 5) is 53.1. The first-order valence-electron chi connectivity index (χ1n) is 18.6. The molecule has 0 saturated carbocycles. The van der Waals surface area contributed by atoms with E-state index in [4.69, 9.17) is 14.2 Å². The lowest BCUT2D eigenvalue weighted by atomic mass is 9.77. The van der Waals surface area contributed by atoms with Gasteiger partial charge < -0.3 is 30.2 Å². The predicted octanol–water partition coefficient (Wildman–Crippen LogP) is 6.58. The second kappa shape index (κ2) is 18.2. The molecule has 6 N–H and O–H groups in total. The van der Waals surface area contributed by atoms with E-state index in [0.717, 1.165) is 16.7 Å². The number of ether oxygens (including phenoxy) is 3. The first kappa shape index (κ1) is 43.6. The van der Waals surface area contributed by atoms with Crippen molar-refractivity contribution in [3.05, 3.63) is 114 Å². The average molecular weight is 785 g/mol. The van der Waals surface area contributed by atoms with E-state index in [9.17, 15) is 19.2 Å². The lowest BCUT2D eigenvalue weighted by molar-refractivity contribution is -0.118. The van der Waals surface area contributed by atoms with Gasteiger partial charge in [-0.1, -0.05) is 91.0 Å². The summed E-state index contributed by atoms with van der Waals surface area (Å²) in [6, 6.07) is 28.5. The second-order valence-electron chi connectivity index (χ2n) is 16.3. The molecule has 1 heterocycles. The van der Waals surface area contributed by atoms with Crippen LogP contribution in [0.3, 0.4) is 0 Å². The van der Waals surface area contributed by atoms with Gasteiger partial charge in [-0.15, -0.1) is 0 Å². The summed E-state index contributed by atoms with van der Waals surface area (Å²) < 4.78 is 17.9. The summed E-state index contributed by atoms with van der Waals surface area (Å²) >= 11 is 0. The van der Waals surface area contributed by atoms with Crippen LogP contribution < -0.4 is 31.9 Å². The van der Waals surface area contributed by atoms with Crippen molar-refractivity contribution in [3.63, 3.8) is 0 Å². The fraction of sp³-hybridized carbons (Fsp3) is 0.405. The molecule has 0 radical (unpaired) electrons. The molecule has 3 aromatic carbocycles. The third kappa shape index (κ3) is 13.0. The third-order valence-corrected chi connectivity index (χ3v) is 7.98. The average Bonchev–Trinajstić information content (AvgIpc) is 3.44. The van der Waals surface area contributed by atoms with Gasteiger partial charge in [0, 0.05) is 13.6 Å². The molecule has 15 heteroatoms. The summed E-state index contributed by atoms with van der Waals surface area (Å²) in [5.74, 6) is -0.206. The van der Waals surface area contributed by atoms with Gasteiger partial charge in [-0.2, -0.15) is 5.10 Å². The normalized spacial score (nSPS) is 12.5. The molecule has 1 aromatic heterocycles. The second-order valence-corrected chi connectivity index (χ2v) is 16.3. The fourth-order valence-corrected chi connectivity index (χ4v) is 5.75. The zero-order chi connectivity index (χ0) is 42.0. The molecule has 0 fully saturated rings. The zero-order valence-corrected chi connectivity index (χ0v) is 34.4. The Morgan fingerprint density at radius 1 is 0.632 bits per heavy atom. The zero-order valence-electron chi connectivity index (χ0n) is 34.4. The molecule has 0 saturated heterocycles. The molecule has 0 unspecified atom stereocenters. The van der Waals surface area contributed by atoms with E-state index in [1.807, 2.05) is 91.0 Å². The number of alkyl carbamates (subject to hydrolysis) is 3. The maximum Gasteiger partial charge on any atom is 0.410 e. The molecule has 4 amide bonds. The first-order valence-corrected chi connectivity index (χ1v) is 18.6. The van der Waals surface area contributed by atoms with Crippen LogP contribution in [0.15, 0.2) is 97.2 Å². The van der Waals surface area contributed by atoms with Crippen LogP contribution in [0, 0.1) is 0 Å². The number of carbonyl (C=O) groups is 4. The molecular weight excluding hydrogens is 729 g/mol. The van der Waals surface area contributed by atoms with Crippen molar-refractivity contribution in [2.75, 3.05) is 17.2 Å². The van der Waals surface area contributed by atoms with Crippen molar-refractivity contribution >= 4 is 35.7 Å². The Morgan fingerprint density at radius 2 is 1.04 bits per heavy atom. The van der Waals surface area contributed by atoms with Crippen molar-refractivity contribution in [2.45, 2.75) is 97.0 Å². The van der Waals surface area contributed by atoms with Crippen molar-refractivity contribution in [3.8, 4) is 0 Å². The number of rotatable bonds is 13. The number of nitrogens with zero attached hydrogens (tertiary/aromatic N) is 2. The fourth-order valence-electron chi connectivity index (χ4n) is 5.75. The minimum atomic E-state index is -1.42. The summed E-state index contributed by atoms with van der Waals surface area (Å²) in [6.45, 7) is 14.9. The third-order valence-electron chi connectivity index (χ3n) is 7.98. The SMILES string of the molecule is Cn1ncc(NC(=O)[C@H](CNC(=O)OC(C)(C)C)NC(NC(=O)OC(C)(C)C)NC(=O)OC(C)(C)C)c1NC(c1ccccc1)(c1ccccc1)c1ccccc1. The van der Waals surface area contributed by atoms with E-state index >= 15 is 0 Å². The van der Waals surface area contributed by atoms with Crippen LogP contribution in [0.4, 0.5) is 25.9 Å². The van der Waals surface area contributed by atoms with Crippen molar-refractivity contribution in [2.24, 2.45) is 7.05 Å². The van der Waals surface area contributed by atoms with E-state index in [2.05, 4.69) is 37.0 Å². The molecule has 4 aromatic rings. The minimum Gasteiger partial charge on any atom is -0.444 e. The van der Waals surface area contributed by atoms with Crippen LogP contribution in [0.5, 0.6) is 0 Å². The summed E-state index contributed by atoms with van der Waals surface area (Å²) in [7, 11) is 1.75. The van der Waals surface area contributed by atoms with E-state index in [0.29, 0.717) is 11.5 Å². The van der Waals surface area contributed by atoms with Crippen LogP contribution >= 0.6 is 0 Å². The Bertz CT molecular complexity index is 1820. The number of carbonyl (C=O) groups excluding carboxylic acids is 4. The van der Waals surface area contributed by atoms with Crippen molar-refractivity contribution in [1.29, 1.82) is 0 Å². The van der Waals surface area contributed by atoms with Crippen LogP contribution in [0.1, 0.15) is 79.0 Å².